The normalized spacial score (nSPS) is 20.8. The summed E-state index contributed by atoms with van der Waals surface area (Å²) in [5.74, 6) is 0.639. The zero-order chi connectivity index (χ0) is 19.9. The van der Waals surface area contributed by atoms with Crippen molar-refractivity contribution in [2.24, 2.45) is 0 Å². The largest absolute Gasteiger partial charge is 0.487 e. The van der Waals surface area contributed by atoms with Crippen LogP contribution in [0.4, 0.5) is 13.2 Å². The first-order valence-electron chi connectivity index (χ1n) is 9.40. The van der Waals surface area contributed by atoms with Gasteiger partial charge in [0.25, 0.3) is 0 Å². The molecule has 2 heterocycles. The summed E-state index contributed by atoms with van der Waals surface area (Å²) in [6.45, 7) is 3.67. The van der Waals surface area contributed by atoms with E-state index in [1.165, 1.54) is 4.90 Å². The first-order valence-corrected chi connectivity index (χ1v) is 9.40. The smallest absolute Gasteiger partial charge is 0.401 e. The molecule has 1 N–H and O–H groups in total. The summed E-state index contributed by atoms with van der Waals surface area (Å²) in [5.41, 5.74) is 4.12. The van der Waals surface area contributed by atoms with Crippen LogP contribution in [0.3, 0.4) is 0 Å². The van der Waals surface area contributed by atoms with E-state index >= 15 is 0 Å². The van der Waals surface area contributed by atoms with Crippen molar-refractivity contribution in [3.63, 3.8) is 0 Å². The number of benzene rings is 2. The van der Waals surface area contributed by atoms with Crippen LogP contribution < -0.4 is 4.74 Å². The van der Waals surface area contributed by atoms with Gasteiger partial charge in [-0.25, -0.2) is 0 Å². The standard InChI is InChI=1S/C22H23F3N2O/c1-14-10-15(2)21(17-8-9-26-20(14)17)28-19-12-27(13-22(23,24)25)11-18(19)16-6-4-3-5-7-16/h3-10,18-19,26H,11-13H2,1-2H3/t18-,19+/m0/s1. The van der Waals surface area contributed by atoms with E-state index in [9.17, 15) is 13.2 Å². The highest BCUT2D eigenvalue weighted by atomic mass is 19.4. The van der Waals surface area contributed by atoms with Crippen LogP contribution in [0.15, 0.2) is 48.7 Å². The third-order valence-corrected chi connectivity index (χ3v) is 5.42. The Bertz CT molecular complexity index is 965. The molecule has 0 aliphatic carbocycles. The van der Waals surface area contributed by atoms with Crippen molar-refractivity contribution >= 4 is 10.9 Å². The molecule has 28 heavy (non-hydrogen) atoms. The van der Waals surface area contributed by atoms with E-state index in [4.69, 9.17) is 4.74 Å². The lowest BCUT2D eigenvalue weighted by atomic mass is 9.96. The van der Waals surface area contributed by atoms with Gasteiger partial charge in [-0.1, -0.05) is 36.4 Å². The third-order valence-electron chi connectivity index (χ3n) is 5.42. The predicted octanol–water partition coefficient (Wildman–Crippen LogP) is 5.19. The highest BCUT2D eigenvalue weighted by Gasteiger charge is 2.41. The Morgan fingerprint density at radius 3 is 2.54 bits per heavy atom. The molecule has 3 aromatic rings. The number of fused-ring (bicyclic) bond motifs is 1. The van der Waals surface area contributed by atoms with Gasteiger partial charge in [0.1, 0.15) is 11.9 Å². The quantitative estimate of drug-likeness (QED) is 0.666. The van der Waals surface area contributed by atoms with Gasteiger partial charge in [0, 0.05) is 30.6 Å². The van der Waals surface area contributed by atoms with E-state index in [1.807, 2.05) is 62.5 Å². The number of ether oxygens (including phenoxy) is 1. The summed E-state index contributed by atoms with van der Waals surface area (Å²) >= 11 is 0. The second-order valence-corrected chi connectivity index (χ2v) is 7.59. The Morgan fingerprint density at radius 1 is 1.07 bits per heavy atom. The van der Waals surface area contributed by atoms with Gasteiger partial charge < -0.3 is 9.72 Å². The highest BCUT2D eigenvalue weighted by molar-refractivity contribution is 5.89. The summed E-state index contributed by atoms with van der Waals surface area (Å²) < 4.78 is 45.4. The molecule has 148 valence electrons. The Balaban J connectivity index is 1.67. The number of hydrogen-bond donors (Lipinski definition) is 1. The average Bonchev–Trinajstić information content (AvgIpc) is 3.25. The van der Waals surface area contributed by atoms with E-state index < -0.39 is 12.7 Å². The van der Waals surface area contributed by atoms with Crippen molar-refractivity contribution < 1.29 is 17.9 Å². The van der Waals surface area contributed by atoms with Gasteiger partial charge >= 0.3 is 6.18 Å². The number of aryl methyl sites for hydroxylation is 2. The highest BCUT2D eigenvalue weighted by Crippen LogP contribution is 2.37. The molecule has 1 aromatic heterocycles. The molecule has 1 aliphatic rings. The first-order chi connectivity index (χ1) is 13.3. The number of H-pyrrole nitrogens is 1. The Labute approximate surface area is 162 Å². The number of aromatic nitrogens is 1. The minimum atomic E-state index is -4.22. The van der Waals surface area contributed by atoms with Crippen LogP contribution in [0.1, 0.15) is 22.6 Å². The Hall–Kier alpha value is -2.47. The molecule has 0 bridgehead atoms. The van der Waals surface area contributed by atoms with Gasteiger partial charge in [-0.15, -0.1) is 0 Å². The van der Waals surface area contributed by atoms with E-state index in [0.717, 1.165) is 33.3 Å². The SMILES string of the molecule is Cc1cc(C)c2[nH]ccc2c1O[C@@H]1CN(CC(F)(F)F)C[C@H]1c1ccccc1. The lowest BCUT2D eigenvalue weighted by molar-refractivity contribution is -0.144. The minimum Gasteiger partial charge on any atom is -0.487 e. The zero-order valence-electron chi connectivity index (χ0n) is 15.9. The number of nitrogens with zero attached hydrogens (tertiary/aromatic N) is 1. The summed E-state index contributed by atoms with van der Waals surface area (Å²) in [4.78, 5) is 4.67. The van der Waals surface area contributed by atoms with Crippen LogP contribution in [-0.4, -0.2) is 41.8 Å². The molecule has 1 saturated heterocycles. The first kappa shape index (κ1) is 18.9. The molecule has 3 nitrogen and oxygen atoms in total. The molecule has 0 amide bonds. The maximum Gasteiger partial charge on any atom is 0.401 e. The summed E-state index contributed by atoms with van der Waals surface area (Å²) in [7, 11) is 0. The molecule has 1 aliphatic heterocycles. The molecule has 0 spiro atoms. The lowest BCUT2D eigenvalue weighted by Crippen LogP contribution is -2.33. The van der Waals surface area contributed by atoms with Gasteiger partial charge in [-0.3, -0.25) is 4.90 Å². The number of hydrogen-bond acceptors (Lipinski definition) is 2. The summed E-state index contributed by atoms with van der Waals surface area (Å²) in [6.07, 6.45) is -2.70. The number of halogens is 3. The van der Waals surface area contributed by atoms with Crippen LogP contribution in [0.25, 0.3) is 10.9 Å². The van der Waals surface area contributed by atoms with E-state index in [2.05, 4.69) is 4.98 Å². The fraction of sp³-hybridized carbons (Fsp3) is 0.364. The Kier molecular flexibility index (Phi) is 4.83. The molecule has 2 aromatic carbocycles. The van der Waals surface area contributed by atoms with Gasteiger partial charge in [-0.2, -0.15) is 13.2 Å². The topological polar surface area (TPSA) is 28.3 Å². The summed E-state index contributed by atoms with van der Waals surface area (Å²) in [6, 6.07) is 13.7. The molecule has 0 unspecified atom stereocenters. The lowest BCUT2D eigenvalue weighted by Gasteiger charge is -2.23. The molecule has 4 rings (SSSR count). The fourth-order valence-corrected chi connectivity index (χ4v) is 4.24. The van der Waals surface area contributed by atoms with Crippen molar-refractivity contribution in [1.29, 1.82) is 0 Å². The van der Waals surface area contributed by atoms with Crippen molar-refractivity contribution in [2.75, 3.05) is 19.6 Å². The van der Waals surface area contributed by atoms with Crippen molar-refractivity contribution in [3.05, 3.63) is 65.4 Å². The van der Waals surface area contributed by atoms with Crippen molar-refractivity contribution in [3.8, 4) is 5.75 Å². The maximum atomic E-state index is 13.0. The van der Waals surface area contributed by atoms with Crippen LogP contribution in [0.2, 0.25) is 0 Å². The molecule has 0 radical (unpaired) electrons. The van der Waals surface area contributed by atoms with Crippen molar-refractivity contribution in [2.45, 2.75) is 32.0 Å². The average molecular weight is 388 g/mol. The molecule has 2 atom stereocenters. The molecule has 6 heteroatoms. The van der Waals surface area contributed by atoms with Crippen molar-refractivity contribution in [1.82, 2.24) is 9.88 Å². The van der Waals surface area contributed by atoms with E-state index in [-0.39, 0.29) is 18.6 Å². The van der Waals surface area contributed by atoms with Crippen LogP contribution >= 0.6 is 0 Å². The number of likely N-dealkylation sites (tertiary alicyclic amines) is 1. The van der Waals surface area contributed by atoms with E-state index in [0.29, 0.717) is 6.54 Å². The minimum absolute atomic E-state index is 0.113. The van der Waals surface area contributed by atoms with Gasteiger partial charge in [0.2, 0.25) is 0 Å². The fourth-order valence-electron chi connectivity index (χ4n) is 4.24. The molecule has 1 fully saturated rings. The monoisotopic (exact) mass is 388 g/mol. The van der Waals surface area contributed by atoms with E-state index in [1.54, 1.807) is 0 Å². The van der Waals surface area contributed by atoms with Crippen LogP contribution in [-0.2, 0) is 0 Å². The summed E-state index contributed by atoms with van der Waals surface area (Å²) in [5, 5.41) is 0.971. The van der Waals surface area contributed by atoms with Crippen LogP contribution in [0, 0.1) is 13.8 Å². The second kappa shape index (κ2) is 7.17. The zero-order valence-corrected chi connectivity index (χ0v) is 15.9. The molecular weight excluding hydrogens is 365 g/mol. The van der Waals surface area contributed by atoms with Crippen LogP contribution in [0.5, 0.6) is 5.75 Å². The third kappa shape index (κ3) is 3.74. The maximum absolute atomic E-state index is 13.0. The molecular formula is C22H23F3N2O. The second-order valence-electron chi connectivity index (χ2n) is 7.59. The number of alkyl halides is 3. The predicted molar refractivity (Wildman–Crippen MR) is 104 cm³/mol. The number of rotatable bonds is 4. The Morgan fingerprint density at radius 2 is 1.82 bits per heavy atom. The number of nitrogens with one attached hydrogen (secondary N) is 1. The number of aromatic amines is 1. The molecule has 0 saturated carbocycles. The van der Waals surface area contributed by atoms with Gasteiger partial charge in [0.05, 0.1) is 12.1 Å². The van der Waals surface area contributed by atoms with Gasteiger partial charge in [-0.05, 0) is 36.6 Å². The van der Waals surface area contributed by atoms with Gasteiger partial charge in [0.15, 0.2) is 0 Å².